The topological polar surface area (TPSA) is 63.6 Å². The van der Waals surface area contributed by atoms with E-state index in [4.69, 9.17) is 14.6 Å². The number of fused-ring (bicyclic) bond motifs is 1. The van der Waals surface area contributed by atoms with Crippen molar-refractivity contribution in [3.05, 3.63) is 53.0 Å². The number of hydrogen-bond donors (Lipinski definition) is 2. The Balaban J connectivity index is 1.59. The zero-order chi connectivity index (χ0) is 16.8. The van der Waals surface area contributed by atoms with Gasteiger partial charge >= 0.3 is 0 Å². The molecule has 6 heteroatoms. The highest BCUT2D eigenvalue weighted by Gasteiger charge is 2.06. The van der Waals surface area contributed by atoms with E-state index in [1.54, 1.807) is 18.4 Å². The monoisotopic (exact) mass is 344 g/mol. The van der Waals surface area contributed by atoms with Gasteiger partial charge in [0.1, 0.15) is 6.61 Å². The summed E-state index contributed by atoms with van der Waals surface area (Å²) < 4.78 is 12.0. The van der Waals surface area contributed by atoms with Crippen molar-refractivity contribution >= 4 is 21.6 Å². The quantitative estimate of drug-likeness (QED) is 0.658. The van der Waals surface area contributed by atoms with Gasteiger partial charge in [-0.25, -0.2) is 0 Å². The van der Waals surface area contributed by atoms with Crippen molar-refractivity contribution in [2.45, 2.75) is 13.1 Å². The fraction of sp³-hybridized carbons (Fsp3) is 0.278. The van der Waals surface area contributed by atoms with E-state index in [1.165, 1.54) is 10.3 Å². The molecule has 0 bridgehead atoms. The summed E-state index contributed by atoms with van der Waals surface area (Å²) in [6.45, 7) is 1.71. The summed E-state index contributed by atoms with van der Waals surface area (Å²) in [4.78, 5) is 4.45. The van der Waals surface area contributed by atoms with Crippen LogP contribution < -0.4 is 14.8 Å². The summed E-state index contributed by atoms with van der Waals surface area (Å²) in [6.07, 6.45) is 1.91. The Morgan fingerprint density at radius 3 is 2.83 bits per heavy atom. The molecule has 2 aromatic heterocycles. The molecule has 3 rings (SSSR count). The highest BCUT2D eigenvalue weighted by atomic mass is 32.1. The van der Waals surface area contributed by atoms with E-state index in [-0.39, 0.29) is 13.2 Å². The van der Waals surface area contributed by atoms with Crippen LogP contribution in [0.2, 0.25) is 0 Å². The molecule has 126 valence electrons. The number of benzene rings is 1. The Hall–Kier alpha value is -2.15. The van der Waals surface area contributed by atoms with Gasteiger partial charge in [0.25, 0.3) is 0 Å². The third-order valence-corrected chi connectivity index (χ3v) is 4.45. The van der Waals surface area contributed by atoms with Crippen LogP contribution >= 0.6 is 11.3 Å². The van der Waals surface area contributed by atoms with Crippen LogP contribution in [-0.2, 0) is 13.1 Å². The van der Waals surface area contributed by atoms with E-state index in [1.807, 2.05) is 30.5 Å². The number of aliphatic hydroxyl groups is 1. The van der Waals surface area contributed by atoms with Crippen molar-refractivity contribution in [3.8, 4) is 11.5 Å². The molecule has 0 radical (unpaired) electrons. The molecule has 0 saturated carbocycles. The smallest absolute Gasteiger partial charge is 0.161 e. The number of pyridine rings is 1. The molecule has 5 nitrogen and oxygen atoms in total. The Bertz CT molecular complexity index is 804. The van der Waals surface area contributed by atoms with Crippen LogP contribution in [0.15, 0.2) is 41.9 Å². The number of aliphatic hydroxyl groups excluding tert-OH is 1. The number of nitrogens with zero attached hydrogens (tertiary/aromatic N) is 1. The fourth-order valence-electron chi connectivity index (χ4n) is 2.43. The minimum absolute atomic E-state index is 0.0188. The predicted octanol–water partition coefficient (Wildman–Crippen LogP) is 2.97. The van der Waals surface area contributed by atoms with Gasteiger partial charge in [0.2, 0.25) is 0 Å². The lowest BCUT2D eigenvalue weighted by molar-refractivity contribution is 0.196. The SMILES string of the molecule is COc1cc(CNCc2cnc3ccsc3c2)ccc1OCCO. The van der Waals surface area contributed by atoms with E-state index in [0.717, 1.165) is 24.2 Å². The van der Waals surface area contributed by atoms with Crippen LogP contribution in [0, 0.1) is 0 Å². The minimum Gasteiger partial charge on any atom is -0.493 e. The van der Waals surface area contributed by atoms with Crippen LogP contribution in [0.4, 0.5) is 0 Å². The third kappa shape index (κ3) is 4.03. The predicted molar refractivity (Wildman–Crippen MR) is 95.7 cm³/mol. The fourth-order valence-corrected chi connectivity index (χ4v) is 3.24. The van der Waals surface area contributed by atoms with Crippen LogP contribution in [0.5, 0.6) is 11.5 Å². The molecule has 0 amide bonds. The number of methoxy groups -OCH3 is 1. The van der Waals surface area contributed by atoms with Gasteiger partial charge in [-0.3, -0.25) is 4.98 Å². The second-order valence-electron chi connectivity index (χ2n) is 5.31. The Morgan fingerprint density at radius 2 is 2.00 bits per heavy atom. The molecule has 0 spiro atoms. The maximum absolute atomic E-state index is 8.84. The van der Waals surface area contributed by atoms with Crippen molar-refractivity contribution in [1.29, 1.82) is 0 Å². The molecular formula is C18H20N2O3S. The molecule has 0 unspecified atom stereocenters. The van der Waals surface area contributed by atoms with E-state index in [2.05, 4.69) is 21.7 Å². The van der Waals surface area contributed by atoms with Crippen molar-refractivity contribution in [3.63, 3.8) is 0 Å². The van der Waals surface area contributed by atoms with Gasteiger partial charge in [-0.15, -0.1) is 11.3 Å². The first kappa shape index (κ1) is 16.7. The van der Waals surface area contributed by atoms with Crippen LogP contribution in [-0.4, -0.2) is 30.4 Å². The van der Waals surface area contributed by atoms with E-state index < -0.39 is 0 Å². The van der Waals surface area contributed by atoms with Crippen LogP contribution in [0.3, 0.4) is 0 Å². The van der Waals surface area contributed by atoms with Crippen molar-refractivity contribution in [1.82, 2.24) is 10.3 Å². The van der Waals surface area contributed by atoms with E-state index >= 15 is 0 Å². The van der Waals surface area contributed by atoms with Gasteiger partial charge in [0.15, 0.2) is 11.5 Å². The maximum atomic E-state index is 8.84. The average molecular weight is 344 g/mol. The van der Waals surface area contributed by atoms with Gasteiger partial charge in [0, 0.05) is 19.3 Å². The summed E-state index contributed by atoms with van der Waals surface area (Å²) in [6, 6.07) is 10.0. The lowest BCUT2D eigenvalue weighted by atomic mass is 10.2. The summed E-state index contributed by atoms with van der Waals surface area (Å²) in [5.41, 5.74) is 3.32. The van der Waals surface area contributed by atoms with Gasteiger partial charge < -0.3 is 19.9 Å². The lowest BCUT2D eigenvalue weighted by Crippen LogP contribution is -2.13. The Labute approximate surface area is 144 Å². The maximum Gasteiger partial charge on any atom is 0.161 e. The van der Waals surface area contributed by atoms with Crippen molar-refractivity contribution in [2.24, 2.45) is 0 Å². The number of ether oxygens (including phenoxy) is 2. The number of aromatic nitrogens is 1. The third-order valence-electron chi connectivity index (χ3n) is 3.59. The molecule has 0 aliphatic carbocycles. The van der Waals surface area contributed by atoms with Crippen LogP contribution in [0.25, 0.3) is 10.2 Å². The molecular weight excluding hydrogens is 324 g/mol. The molecule has 3 aromatic rings. The van der Waals surface area contributed by atoms with Gasteiger partial charge in [-0.2, -0.15) is 0 Å². The number of rotatable bonds is 8. The zero-order valence-electron chi connectivity index (χ0n) is 13.5. The first-order valence-corrected chi connectivity index (χ1v) is 8.61. The van der Waals surface area contributed by atoms with Gasteiger partial charge in [0.05, 0.1) is 23.9 Å². The lowest BCUT2D eigenvalue weighted by Gasteiger charge is -2.12. The molecule has 24 heavy (non-hydrogen) atoms. The second-order valence-corrected chi connectivity index (χ2v) is 6.26. The van der Waals surface area contributed by atoms with Crippen LogP contribution in [0.1, 0.15) is 11.1 Å². The second kappa shape index (κ2) is 8.10. The molecule has 2 N–H and O–H groups in total. The number of thiophene rings is 1. The Kier molecular flexibility index (Phi) is 5.63. The van der Waals surface area contributed by atoms with E-state index in [0.29, 0.717) is 11.5 Å². The summed E-state index contributed by atoms with van der Waals surface area (Å²) in [7, 11) is 1.61. The normalized spacial score (nSPS) is 10.9. The molecule has 0 aliphatic rings. The molecule has 2 heterocycles. The number of hydrogen-bond acceptors (Lipinski definition) is 6. The standard InChI is InChI=1S/C18H20N2O3S/c1-22-17-8-13(2-3-16(17)23-6-5-21)10-19-11-14-9-18-15(20-12-14)4-7-24-18/h2-4,7-9,12,19,21H,5-6,10-11H2,1H3. The first-order chi connectivity index (χ1) is 11.8. The molecule has 0 aliphatic heterocycles. The molecule has 1 aromatic carbocycles. The van der Waals surface area contributed by atoms with Crippen molar-refractivity contribution < 1.29 is 14.6 Å². The molecule has 0 atom stereocenters. The summed E-state index contributed by atoms with van der Waals surface area (Å²) in [5, 5.41) is 14.3. The minimum atomic E-state index is -0.0188. The van der Waals surface area contributed by atoms with E-state index in [9.17, 15) is 0 Å². The highest BCUT2D eigenvalue weighted by molar-refractivity contribution is 7.17. The average Bonchev–Trinajstić information content (AvgIpc) is 3.08. The zero-order valence-corrected chi connectivity index (χ0v) is 14.3. The summed E-state index contributed by atoms with van der Waals surface area (Å²) in [5.74, 6) is 1.31. The largest absolute Gasteiger partial charge is 0.493 e. The van der Waals surface area contributed by atoms with Crippen molar-refractivity contribution in [2.75, 3.05) is 20.3 Å². The van der Waals surface area contributed by atoms with Gasteiger partial charge in [-0.05, 0) is 40.8 Å². The molecule has 0 fully saturated rings. The highest BCUT2D eigenvalue weighted by Crippen LogP contribution is 2.28. The van der Waals surface area contributed by atoms with Gasteiger partial charge in [-0.1, -0.05) is 6.07 Å². The number of nitrogens with one attached hydrogen (secondary N) is 1. The molecule has 0 saturated heterocycles. The first-order valence-electron chi connectivity index (χ1n) is 7.73. The summed E-state index contributed by atoms with van der Waals surface area (Å²) >= 11 is 1.71. The Morgan fingerprint density at radius 1 is 1.12 bits per heavy atom.